The lowest BCUT2D eigenvalue weighted by Gasteiger charge is -2.14. The van der Waals surface area contributed by atoms with Gasteiger partial charge in [0.25, 0.3) is 0 Å². The van der Waals surface area contributed by atoms with Gasteiger partial charge in [0.1, 0.15) is 0 Å². The van der Waals surface area contributed by atoms with Crippen molar-refractivity contribution in [2.24, 2.45) is 0 Å². The second kappa shape index (κ2) is 7.96. The highest BCUT2D eigenvalue weighted by Crippen LogP contribution is 2.41. The number of hydrogen-bond donors (Lipinski definition) is 1. The molecule has 0 saturated carbocycles. The molecule has 0 atom stereocenters. The van der Waals surface area contributed by atoms with Crippen LogP contribution in [0.15, 0.2) is 30.5 Å². The van der Waals surface area contributed by atoms with Crippen LogP contribution in [0.25, 0.3) is 5.69 Å². The van der Waals surface area contributed by atoms with Crippen LogP contribution < -0.4 is 5.73 Å². The van der Waals surface area contributed by atoms with Gasteiger partial charge in [-0.1, -0.05) is 0 Å². The average Bonchev–Trinajstić information content (AvgIpc) is 2.95. The van der Waals surface area contributed by atoms with Crippen molar-refractivity contribution in [3.63, 3.8) is 0 Å². The number of alkyl halides is 3. The molecule has 24 heavy (non-hydrogen) atoms. The Hall–Kier alpha value is -1.63. The van der Waals surface area contributed by atoms with Crippen LogP contribution in [0.3, 0.4) is 0 Å². The number of rotatable bonds is 7. The van der Waals surface area contributed by atoms with E-state index in [1.54, 1.807) is 12.3 Å². The summed E-state index contributed by atoms with van der Waals surface area (Å²) < 4.78 is 51.3. The van der Waals surface area contributed by atoms with Crippen LogP contribution in [-0.4, -0.2) is 23.0 Å². The summed E-state index contributed by atoms with van der Waals surface area (Å²) >= 11 is 0. The average molecular weight is 361 g/mol. The van der Waals surface area contributed by atoms with Gasteiger partial charge < -0.3 is 14.8 Å². The molecular formula is C15H19F3N3O2P. The molecule has 0 bridgehead atoms. The minimum atomic E-state index is -4.51. The molecule has 0 amide bonds. The van der Waals surface area contributed by atoms with Crippen LogP contribution in [0, 0.1) is 0 Å². The first kappa shape index (κ1) is 18.7. The Balaban J connectivity index is 2.21. The molecule has 0 aliphatic heterocycles. The van der Waals surface area contributed by atoms with Crippen molar-refractivity contribution >= 4 is 14.1 Å². The molecule has 9 heteroatoms. The van der Waals surface area contributed by atoms with Crippen molar-refractivity contribution in [3.05, 3.63) is 41.7 Å². The van der Waals surface area contributed by atoms with Gasteiger partial charge in [-0.05, 0) is 38.1 Å². The first-order valence-electron chi connectivity index (χ1n) is 7.40. The molecule has 2 N–H and O–H groups in total. The van der Waals surface area contributed by atoms with Gasteiger partial charge in [-0.3, -0.25) is 0 Å². The third kappa shape index (κ3) is 4.69. The summed E-state index contributed by atoms with van der Waals surface area (Å²) in [7, 11) is -1.10. The molecule has 0 aliphatic carbocycles. The number of aromatic nitrogens is 2. The summed E-state index contributed by atoms with van der Waals surface area (Å²) in [6.07, 6.45) is -2.42. The second-order valence-electron chi connectivity index (χ2n) is 4.85. The number of hydrogen-bond acceptors (Lipinski definition) is 4. The van der Waals surface area contributed by atoms with E-state index in [9.17, 15) is 13.2 Å². The number of nitrogen functional groups attached to an aromatic ring is 1. The first-order chi connectivity index (χ1) is 11.3. The van der Waals surface area contributed by atoms with Crippen molar-refractivity contribution in [3.8, 4) is 5.69 Å². The largest absolute Gasteiger partial charge is 0.418 e. The Bertz CT molecular complexity index is 670. The van der Waals surface area contributed by atoms with Gasteiger partial charge in [0.05, 0.1) is 36.3 Å². The van der Waals surface area contributed by atoms with E-state index in [-0.39, 0.29) is 5.69 Å². The highest BCUT2D eigenvalue weighted by atomic mass is 31.2. The highest BCUT2D eigenvalue weighted by Gasteiger charge is 2.33. The van der Waals surface area contributed by atoms with E-state index in [1.165, 1.54) is 16.8 Å². The molecule has 0 spiro atoms. The van der Waals surface area contributed by atoms with Crippen molar-refractivity contribution < 1.29 is 22.2 Å². The molecule has 2 aromatic rings. The Morgan fingerprint density at radius 3 is 2.42 bits per heavy atom. The molecule has 0 unspecified atom stereocenters. The summed E-state index contributed by atoms with van der Waals surface area (Å²) in [5.41, 5.74) is 5.21. The topological polar surface area (TPSA) is 62.3 Å². The first-order valence-corrected chi connectivity index (χ1v) is 8.76. The van der Waals surface area contributed by atoms with E-state index >= 15 is 0 Å². The molecule has 0 radical (unpaired) electrons. The van der Waals surface area contributed by atoms with Crippen molar-refractivity contribution in [2.75, 3.05) is 18.9 Å². The predicted octanol–water partition coefficient (Wildman–Crippen LogP) is 4.36. The fourth-order valence-corrected chi connectivity index (χ4v) is 3.34. The van der Waals surface area contributed by atoms with Gasteiger partial charge in [0.2, 0.25) is 0 Å². The number of halogens is 3. The van der Waals surface area contributed by atoms with E-state index in [0.717, 1.165) is 6.07 Å². The quantitative estimate of drug-likeness (QED) is 0.588. The molecule has 1 aromatic heterocycles. The summed E-state index contributed by atoms with van der Waals surface area (Å²) in [5.74, 6) is 0. The molecule has 1 aromatic carbocycles. The minimum Gasteiger partial charge on any atom is -0.398 e. The summed E-state index contributed by atoms with van der Waals surface area (Å²) in [4.78, 5) is 0. The number of nitrogens with zero attached hydrogens (tertiary/aromatic N) is 2. The van der Waals surface area contributed by atoms with E-state index < -0.39 is 20.1 Å². The lowest BCUT2D eigenvalue weighted by Crippen LogP contribution is -2.10. The Morgan fingerprint density at radius 2 is 1.83 bits per heavy atom. The zero-order valence-corrected chi connectivity index (χ0v) is 14.3. The Labute approximate surface area is 139 Å². The molecular weight excluding hydrogens is 342 g/mol. The van der Waals surface area contributed by atoms with Crippen LogP contribution in [0.4, 0.5) is 18.9 Å². The molecule has 0 fully saturated rings. The number of benzene rings is 1. The molecule has 5 nitrogen and oxygen atoms in total. The number of anilines is 1. The highest BCUT2D eigenvalue weighted by molar-refractivity contribution is 7.46. The predicted molar refractivity (Wildman–Crippen MR) is 86.9 cm³/mol. The molecule has 1 heterocycles. The summed E-state index contributed by atoms with van der Waals surface area (Å²) in [6.45, 7) is 4.80. The van der Waals surface area contributed by atoms with Gasteiger partial charge >= 0.3 is 6.18 Å². The molecule has 0 aliphatic rings. The second-order valence-corrected chi connectivity index (χ2v) is 6.35. The van der Waals surface area contributed by atoms with Crippen molar-refractivity contribution in [2.45, 2.75) is 26.2 Å². The summed E-state index contributed by atoms with van der Waals surface area (Å²) in [5, 5.41) is 4.30. The third-order valence-electron chi connectivity index (χ3n) is 3.09. The maximum Gasteiger partial charge on any atom is 0.418 e. The van der Waals surface area contributed by atoms with Crippen LogP contribution >= 0.6 is 8.38 Å². The van der Waals surface area contributed by atoms with Crippen molar-refractivity contribution in [1.29, 1.82) is 0 Å². The van der Waals surface area contributed by atoms with Crippen LogP contribution in [0.5, 0.6) is 0 Å². The standard InChI is InChI=1S/C15H19F3N3O2P/c1-3-22-24(23-4-2)10-11-7-8-21(20-11)12-5-6-14(19)13(9-12)15(16,17)18/h5-9H,3-4,10,19H2,1-2H3. The van der Waals surface area contributed by atoms with Gasteiger partial charge in [0.15, 0.2) is 8.38 Å². The maximum atomic E-state index is 13.0. The fourth-order valence-electron chi connectivity index (χ4n) is 2.07. The van der Waals surface area contributed by atoms with Crippen LogP contribution in [0.1, 0.15) is 25.1 Å². The summed E-state index contributed by atoms with van der Waals surface area (Å²) in [6, 6.07) is 5.44. The zero-order chi connectivity index (χ0) is 17.7. The third-order valence-corrected chi connectivity index (χ3v) is 4.76. The van der Waals surface area contributed by atoms with Gasteiger partial charge in [-0.15, -0.1) is 0 Å². The zero-order valence-electron chi connectivity index (χ0n) is 13.4. The lowest BCUT2D eigenvalue weighted by atomic mass is 10.1. The van der Waals surface area contributed by atoms with Gasteiger partial charge in [0, 0.05) is 11.9 Å². The lowest BCUT2D eigenvalue weighted by molar-refractivity contribution is -0.136. The van der Waals surface area contributed by atoms with E-state index in [4.69, 9.17) is 14.8 Å². The van der Waals surface area contributed by atoms with Crippen LogP contribution in [0.2, 0.25) is 0 Å². The monoisotopic (exact) mass is 361 g/mol. The van der Waals surface area contributed by atoms with Crippen LogP contribution in [-0.2, 0) is 21.4 Å². The Kier molecular flexibility index (Phi) is 6.21. The van der Waals surface area contributed by atoms with Crippen molar-refractivity contribution in [1.82, 2.24) is 9.78 Å². The van der Waals surface area contributed by atoms with Gasteiger partial charge in [-0.25, -0.2) is 4.68 Å². The van der Waals surface area contributed by atoms with Gasteiger partial charge in [-0.2, -0.15) is 18.3 Å². The van der Waals surface area contributed by atoms with E-state index in [1.807, 2.05) is 13.8 Å². The van der Waals surface area contributed by atoms with E-state index in [0.29, 0.717) is 30.8 Å². The Morgan fingerprint density at radius 1 is 1.17 bits per heavy atom. The smallest absolute Gasteiger partial charge is 0.398 e. The van der Waals surface area contributed by atoms with E-state index in [2.05, 4.69) is 5.10 Å². The minimum absolute atomic E-state index is 0.292. The maximum absolute atomic E-state index is 13.0. The molecule has 2 rings (SSSR count). The molecule has 132 valence electrons. The number of nitrogens with two attached hydrogens (primary N) is 1. The SMILES string of the molecule is CCOP(Cc1ccn(-c2ccc(N)c(C(F)(F)F)c2)n1)OCC. The fraction of sp³-hybridized carbons (Fsp3) is 0.400. The molecule has 0 saturated heterocycles. The normalized spacial score (nSPS) is 12.1.